The zero-order valence-corrected chi connectivity index (χ0v) is 14.4. The van der Waals surface area contributed by atoms with Gasteiger partial charge in [-0.3, -0.25) is 4.79 Å². The molecule has 24 heavy (non-hydrogen) atoms. The molecule has 0 spiro atoms. The minimum Gasteiger partial charge on any atom is -0.368 e. The van der Waals surface area contributed by atoms with E-state index < -0.39 is 0 Å². The maximum Gasteiger partial charge on any atom is 0.251 e. The Morgan fingerprint density at radius 3 is 2.58 bits per heavy atom. The number of aromatic nitrogens is 2. The van der Waals surface area contributed by atoms with E-state index in [9.17, 15) is 9.18 Å². The van der Waals surface area contributed by atoms with Crippen LogP contribution in [0.4, 0.5) is 16.0 Å². The first-order valence-electron chi connectivity index (χ1n) is 7.68. The Morgan fingerprint density at radius 2 is 1.92 bits per heavy atom. The van der Waals surface area contributed by atoms with E-state index in [1.54, 1.807) is 19.1 Å². The van der Waals surface area contributed by atoms with Crippen LogP contribution in [0.1, 0.15) is 21.7 Å². The van der Waals surface area contributed by atoms with Crippen molar-refractivity contribution in [3.63, 3.8) is 0 Å². The van der Waals surface area contributed by atoms with Gasteiger partial charge in [0.25, 0.3) is 5.91 Å². The number of nitrogens with one attached hydrogen (secondary N) is 2. The number of carbonyl (C=O) groups is 1. The molecule has 1 aromatic heterocycles. The van der Waals surface area contributed by atoms with Crippen molar-refractivity contribution in [1.82, 2.24) is 15.3 Å². The van der Waals surface area contributed by atoms with Crippen molar-refractivity contribution in [3.8, 4) is 0 Å². The van der Waals surface area contributed by atoms with Crippen LogP contribution in [0.5, 0.6) is 0 Å². The fourth-order valence-corrected chi connectivity index (χ4v) is 2.07. The highest BCUT2D eigenvalue weighted by molar-refractivity contribution is 5.94. The highest BCUT2D eigenvalue weighted by atomic mass is 19.1. The van der Waals surface area contributed by atoms with Gasteiger partial charge in [-0.25, -0.2) is 14.4 Å². The molecular formula is C17H22FN5O. The summed E-state index contributed by atoms with van der Waals surface area (Å²) in [6.07, 6.45) is 0. The first-order chi connectivity index (χ1) is 11.4. The van der Waals surface area contributed by atoms with E-state index in [0.29, 0.717) is 35.9 Å². The Bertz CT molecular complexity index is 733. The van der Waals surface area contributed by atoms with Gasteiger partial charge < -0.3 is 15.5 Å². The molecule has 0 radical (unpaired) electrons. The van der Waals surface area contributed by atoms with E-state index in [4.69, 9.17) is 0 Å². The Kier molecular flexibility index (Phi) is 5.68. The van der Waals surface area contributed by atoms with Crippen molar-refractivity contribution in [2.24, 2.45) is 0 Å². The second-order valence-electron chi connectivity index (χ2n) is 5.70. The molecule has 2 N–H and O–H groups in total. The van der Waals surface area contributed by atoms with Crippen molar-refractivity contribution in [1.29, 1.82) is 0 Å². The van der Waals surface area contributed by atoms with E-state index in [-0.39, 0.29) is 11.7 Å². The summed E-state index contributed by atoms with van der Waals surface area (Å²) in [5.41, 5.74) is 0.829. The number of carbonyl (C=O) groups excluding carboxylic acids is 1. The van der Waals surface area contributed by atoms with Crippen LogP contribution in [0.25, 0.3) is 0 Å². The van der Waals surface area contributed by atoms with Crippen molar-refractivity contribution < 1.29 is 9.18 Å². The molecule has 0 fully saturated rings. The Balaban J connectivity index is 1.86. The Labute approximate surface area is 141 Å². The van der Waals surface area contributed by atoms with Gasteiger partial charge in [0.05, 0.1) is 0 Å². The normalized spacial score (nSPS) is 10.4. The zero-order chi connectivity index (χ0) is 17.7. The summed E-state index contributed by atoms with van der Waals surface area (Å²) in [4.78, 5) is 22.5. The predicted molar refractivity (Wildman–Crippen MR) is 93.1 cm³/mol. The molecular weight excluding hydrogens is 309 g/mol. The molecule has 128 valence electrons. The molecule has 1 aromatic carbocycles. The van der Waals surface area contributed by atoms with E-state index in [0.717, 1.165) is 5.82 Å². The van der Waals surface area contributed by atoms with Gasteiger partial charge in [0.2, 0.25) is 0 Å². The Morgan fingerprint density at radius 1 is 1.17 bits per heavy atom. The van der Waals surface area contributed by atoms with Crippen LogP contribution >= 0.6 is 0 Å². The minimum absolute atomic E-state index is 0.302. The number of hydrogen-bond donors (Lipinski definition) is 2. The number of benzene rings is 1. The molecule has 0 saturated heterocycles. The summed E-state index contributed by atoms with van der Waals surface area (Å²) in [5, 5.41) is 5.89. The molecule has 0 unspecified atom stereocenters. The fourth-order valence-electron chi connectivity index (χ4n) is 2.07. The summed E-state index contributed by atoms with van der Waals surface area (Å²) in [5.74, 6) is 1.49. The van der Waals surface area contributed by atoms with Crippen LogP contribution < -0.4 is 15.5 Å². The molecule has 2 rings (SSSR count). The standard InChI is InChI=1S/C17H22FN5O/c1-11-5-6-13(9-14(11)18)17(24)20-8-7-19-15-10-16(23(3)4)22-12(2)21-15/h5-6,9-10H,7-8H2,1-4H3,(H,20,24)(H,19,21,22). The number of halogens is 1. The van der Waals surface area contributed by atoms with Crippen molar-refractivity contribution in [3.05, 3.63) is 47.0 Å². The van der Waals surface area contributed by atoms with Crippen LogP contribution in [0.3, 0.4) is 0 Å². The summed E-state index contributed by atoms with van der Waals surface area (Å²) in [6.45, 7) is 4.39. The van der Waals surface area contributed by atoms with Crippen LogP contribution in [-0.2, 0) is 0 Å². The zero-order valence-electron chi connectivity index (χ0n) is 14.4. The highest BCUT2D eigenvalue weighted by Gasteiger charge is 2.08. The lowest BCUT2D eigenvalue weighted by Gasteiger charge is -2.14. The molecule has 0 bridgehead atoms. The minimum atomic E-state index is -0.381. The van der Waals surface area contributed by atoms with Gasteiger partial charge in [0.15, 0.2) is 0 Å². The van der Waals surface area contributed by atoms with Crippen LogP contribution in [0.15, 0.2) is 24.3 Å². The van der Waals surface area contributed by atoms with Gasteiger partial charge in [-0.2, -0.15) is 0 Å². The molecule has 7 heteroatoms. The van der Waals surface area contributed by atoms with Gasteiger partial charge in [-0.05, 0) is 31.5 Å². The maximum absolute atomic E-state index is 13.5. The second-order valence-corrected chi connectivity index (χ2v) is 5.70. The summed E-state index contributed by atoms with van der Waals surface area (Å²) in [7, 11) is 3.82. The number of rotatable bonds is 6. The van der Waals surface area contributed by atoms with Gasteiger partial charge in [0.1, 0.15) is 23.3 Å². The quantitative estimate of drug-likeness (QED) is 0.794. The molecule has 0 atom stereocenters. The molecule has 2 aromatic rings. The first-order valence-corrected chi connectivity index (χ1v) is 7.68. The second kappa shape index (κ2) is 7.72. The SMILES string of the molecule is Cc1nc(NCCNC(=O)c2ccc(C)c(F)c2)cc(N(C)C)n1. The number of aryl methyl sites for hydroxylation is 2. The summed E-state index contributed by atoms with van der Waals surface area (Å²) in [6, 6.07) is 6.28. The third-order valence-corrected chi connectivity index (χ3v) is 3.43. The van der Waals surface area contributed by atoms with Crippen LogP contribution in [0.2, 0.25) is 0 Å². The first kappa shape index (κ1) is 17.7. The Hall–Kier alpha value is -2.70. The molecule has 0 aliphatic carbocycles. The fraction of sp³-hybridized carbons (Fsp3) is 0.353. The highest BCUT2D eigenvalue weighted by Crippen LogP contribution is 2.13. The lowest BCUT2D eigenvalue weighted by Crippen LogP contribution is -2.29. The maximum atomic E-state index is 13.5. The third kappa shape index (κ3) is 4.65. The van der Waals surface area contributed by atoms with Gasteiger partial charge in [-0.15, -0.1) is 0 Å². The van der Waals surface area contributed by atoms with Crippen molar-refractivity contribution in [2.45, 2.75) is 13.8 Å². The lowest BCUT2D eigenvalue weighted by molar-refractivity contribution is 0.0954. The van der Waals surface area contributed by atoms with Crippen molar-refractivity contribution >= 4 is 17.5 Å². The van der Waals surface area contributed by atoms with Crippen LogP contribution in [-0.4, -0.2) is 43.1 Å². The monoisotopic (exact) mass is 331 g/mol. The number of hydrogen-bond acceptors (Lipinski definition) is 5. The number of nitrogens with zero attached hydrogens (tertiary/aromatic N) is 3. The average Bonchev–Trinajstić information content (AvgIpc) is 2.53. The van der Waals surface area contributed by atoms with Crippen molar-refractivity contribution in [2.75, 3.05) is 37.4 Å². The van der Waals surface area contributed by atoms with Gasteiger partial charge >= 0.3 is 0 Å². The van der Waals surface area contributed by atoms with Gasteiger partial charge in [0, 0.05) is 38.8 Å². The van der Waals surface area contributed by atoms with E-state index in [2.05, 4.69) is 20.6 Å². The number of anilines is 2. The number of amides is 1. The smallest absolute Gasteiger partial charge is 0.251 e. The van der Waals surface area contributed by atoms with E-state index in [1.807, 2.05) is 32.0 Å². The largest absolute Gasteiger partial charge is 0.368 e. The third-order valence-electron chi connectivity index (χ3n) is 3.43. The molecule has 1 amide bonds. The summed E-state index contributed by atoms with van der Waals surface area (Å²) >= 11 is 0. The average molecular weight is 331 g/mol. The molecule has 0 aliphatic rings. The van der Waals surface area contributed by atoms with E-state index in [1.165, 1.54) is 6.07 Å². The summed E-state index contributed by atoms with van der Waals surface area (Å²) < 4.78 is 13.5. The van der Waals surface area contributed by atoms with Gasteiger partial charge in [-0.1, -0.05) is 6.07 Å². The lowest BCUT2D eigenvalue weighted by atomic mass is 10.1. The molecule has 0 aliphatic heterocycles. The molecule has 0 saturated carbocycles. The van der Waals surface area contributed by atoms with E-state index >= 15 is 0 Å². The molecule has 1 heterocycles. The topological polar surface area (TPSA) is 70.2 Å². The van der Waals surface area contributed by atoms with Crippen LogP contribution in [0, 0.1) is 19.7 Å². The molecule has 6 nitrogen and oxygen atoms in total. The predicted octanol–water partition coefficient (Wildman–Crippen LogP) is 2.14.